The molecule has 2 rings (SSSR count). The summed E-state index contributed by atoms with van der Waals surface area (Å²) in [4.78, 5) is 15.9. The van der Waals surface area contributed by atoms with Crippen LogP contribution in [-0.2, 0) is 10.5 Å². The molecule has 0 saturated carbocycles. The van der Waals surface area contributed by atoms with E-state index < -0.39 is 5.97 Å². The summed E-state index contributed by atoms with van der Waals surface area (Å²) in [7, 11) is 0. The van der Waals surface area contributed by atoms with Gasteiger partial charge in [-0.05, 0) is 25.3 Å². The number of carbonyl (C=O) groups is 1. The molecule has 0 aliphatic carbocycles. The van der Waals surface area contributed by atoms with Crippen LogP contribution >= 0.6 is 11.8 Å². The Hall–Kier alpha value is -1.82. The van der Waals surface area contributed by atoms with E-state index in [1.165, 1.54) is 0 Å². The molecule has 0 spiro atoms. The van der Waals surface area contributed by atoms with Crippen LogP contribution in [0.4, 0.5) is 0 Å². The molecule has 0 saturated heterocycles. The summed E-state index contributed by atoms with van der Waals surface area (Å²) in [6.45, 7) is 2.07. The predicted molar refractivity (Wildman–Crippen MR) is 74.5 cm³/mol. The number of hydrogen-bond donors (Lipinski definition) is 0. The lowest BCUT2D eigenvalue weighted by atomic mass is 10.3. The third-order valence-corrected chi connectivity index (χ3v) is 2.95. The minimum absolute atomic E-state index is 0.106. The van der Waals surface area contributed by atoms with Gasteiger partial charge in [0, 0.05) is 0 Å². The Morgan fingerprint density at radius 2 is 2.11 bits per heavy atom. The van der Waals surface area contributed by atoms with Crippen molar-refractivity contribution < 1.29 is 9.53 Å². The molecule has 0 aliphatic heterocycles. The van der Waals surface area contributed by atoms with Crippen LogP contribution in [-0.4, -0.2) is 33.6 Å². The average molecular weight is 277 g/mol. The van der Waals surface area contributed by atoms with Crippen molar-refractivity contribution in [1.29, 1.82) is 0 Å². The van der Waals surface area contributed by atoms with E-state index in [4.69, 9.17) is 4.74 Å². The number of carbonyl (C=O) groups excluding carboxylic acids is 1. The number of esters is 1. The van der Waals surface area contributed by atoms with Crippen LogP contribution in [0, 0.1) is 0 Å². The van der Waals surface area contributed by atoms with Crippen molar-refractivity contribution in [3.63, 3.8) is 0 Å². The Balaban J connectivity index is 2.39. The Labute approximate surface area is 116 Å². The van der Waals surface area contributed by atoms with E-state index >= 15 is 0 Å². The van der Waals surface area contributed by atoms with Gasteiger partial charge in [0.2, 0.25) is 0 Å². The molecule has 0 radical (unpaired) electrons. The quantitative estimate of drug-likeness (QED) is 0.785. The molecule has 0 atom stereocenters. The first kappa shape index (κ1) is 13.6. The summed E-state index contributed by atoms with van der Waals surface area (Å²) < 4.78 is 6.61. The molecule has 1 heterocycles. The van der Waals surface area contributed by atoms with Gasteiger partial charge in [0.15, 0.2) is 0 Å². The summed E-state index contributed by atoms with van der Waals surface area (Å²) in [6, 6.07) is 9.62. The van der Waals surface area contributed by atoms with Gasteiger partial charge in [0.1, 0.15) is 5.82 Å². The van der Waals surface area contributed by atoms with Gasteiger partial charge >= 0.3 is 5.97 Å². The topological polar surface area (TPSA) is 57.0 Å². The van der Waals surface area contributed by atoms with Gasteiger partial charge in [-0.15, -0.1) is 5.10 Å². The Morgan fingerprint density at radius 1 is 1.37 bits per heavy atom. The van der Waals surface area contributed by atoms with Gasteiger partial charge in [0.25, 0.3) is 5.82 Å². The summed E-state index contributed by atoms with van der Waals surface area (Å²) in [6.07, 6.45) is 1.98. The highest BCUT2D eigenvalue weighted by molar-refractivity contribution is 7.97. The lowest BCUT2D eigenvalue weighted by Gasteiger charge is -2.03. The standard InChI is InChI=1S/C13H15N3O2S/c1-3-18-13(17)12-14-11(9-19-2)16(15-12)10-7-5-4-6-8-10/h4-8H,3,9H2,1-2H3. The molecule has 0 bridgehead atoms. The Morgan fingerprint density at radius 3 is 2.74 bits per heavy atom. The van der Waals surface area contributed by atoms with Crippen LogP contribution in [0.1, 0.15) is 23.4 Å². The molecule has 2 aromatic rings. The van der Waals surface area contributed by atoms with Gasteiger partial charge in [0.05, 0.1) is 18.0 Å². The van der Waals surface area contributed by atoms with Crippen LogP contribution in [0.2, 0.25) is 0 Å². The lowest BCUT2D eigenvalue weighted by molar-refractivity contribution is 0.0512. The maximum Gasteiger partial charge on any atom is 0.378 e. The number of aromatic nitrogens is 3. The second kappa shape index (κ2) is 6.38. The summed E-state index contributed by atoms with van der Waals surface area (Å²) in [5, 5.41) is 4.24. The second-order valence-corrected chi connectivity index (χ2v) is 4.62. The molecule has 100 valence electrons. The van der Waals surface area contributed by atoms with Gasteiger partial charge in [-0.2, -0.15) is 11.8 Å². The van der Waals surface area contributed by atoms with Gasteiger partial charge in [-0.1, -0.05) is 18.2 Å². The number of ether oxygens (including phenoxy) is 1. The van der Waals surface area contributed by atoms with E-state index in [1.807, 2.05) is 36.6 Å². The van der Waals surface area contributed by atoms with Gasteiger partial charge < -0.3 is 4.74 Å². The van der Waals surface area contributed by atoms with E-state index in [9.17, 15) is 4.79 Å². The van der Waals surface area contributed by atoms with Gasteiger partial charge in [-0.25, -0.2) is 14.5 Å². The number of para-hydroxylation sites is 1. The third kappa shape index (κ3) is 3.14. The van der Waals surface area contributed by atoms with E-state index in [-0.39, 0.29) is 5.82 Å². The minimum atomic E-state index is -0.487. The molecule has 0 N–H and O–H groups in total. The molecule has 0 fully saturated rings. The molecule has 1 aromatic heterocycles. The summed E-state index contributed by atoms with van der Waals surface area (Å²) in [5.41, 5.74) is 0.884. The maximum atomic E-state index is 11.7. The average Bonchev–Trinajstić information content (AvgIpc) is 2.85. The van der Waals surface area contributed by atoms with E-state index in [1.54, 1.807) is 23.4 Å². The lowest BCUT2D eigenvalue weighted by Crippen LogP contribution is -2.07. The van der Waals surface area contributed by atoms with Crippen molar-refractivity contribution in [2.45, 2.75) is 12.7 Å². The molecule has 0 aliphatic rings. The fourth-order valence-corrected chi connectivity index (χ4v) is 2.07. The molecular weight excluding hydrogens is 262 g/mol. The molecule has 19 heavy (non-hydrogen) atoms. The van der Waals surface area contributed by atoms with Crippen LogP contribution < -0.4 is 0 Å². The maximum absolute atomic E-state index is 11.7. The fraction of sp³-hybridized carbons (Fsp3) is 0.308. The molecule has 1 aromatic carbocycles. The van der Waals surface area contributed by atoms with Crippen molar-refractivity contribution in [3.05, 3.63) is 42.0 Å². The Kier molecular flexibility index (Phi) is 4.57. The summed E-state index contributed by atoms with van der Waals surface area (Å²) >= 11 is 1.63. The molecule has 0 amide bonds. The normalized spacial score (nSPS) is 10.4. The third-order valence-electron chi connectivity index (χ3n) is 2.41. The largest absolute Gasteiger partial charge is 0.460 e. The van der Waals surface area contributed by atoms with Crippen LogP contribution in [0.5, 0.6) is 0 Å². The highest BCUT2D eigenvalue weighted by Crippen LogP contribution is 2.14. The van der Waals surface area contributed by atoms with Gasteiger partial charge in [-0.3, -0.25) is 0 Å². The fourth-order valence-electron chi connectivity index (χ4n) is 1.62. The minimum Gasteiger partial charge on any atom is -0.460 e. The van der Waals surface area contributed by atoms with Crippen LogP contribution in [0.15, 0.2) is 30.3 Å². The Bertz CT molecular complexity index is 554. The zero-order valence-corrected chi connectivity index (χ0v) is 11.7. The summed E-state index contributed by atoms with van der Waals surface area (Å²) in [5.74, 6) is 1.04. The number of benzene rings is 1. The predicted octanol–water partition coefficient (Wildman–Crippen LogP) is 2.31. The van der Waals surface area contributed by atoms with Crippen LogP contribution in [0.25, 0.3) is 5.69 Å². The first-order valence-electron chi connectivity index (χ1n) is 5.93. The van der Waals surface area contributed by atoms with Crippen molar-refractivity contribution >= 4 is 17.7 Å². The number of rotatable bonds is 5. The smallest absolute Gasteiger partial charge is 0.378 e. The van der Waals surface area contributed by atoms with E-state index in [2.05, 4.69) is 10.1 Å². The van der Waals surface area contributed by atoms with Crippen molar-refractivity contribution in [1.82, 2.24) is 14.8 Å². The zero-order valence-electron chi connectivity index (χ0n) is 10.9. The molecule has 6 heteroatoms. The number of thioether (sulfide) groups is 1. The molecular formula is C13H15N3O2S. The van der Waals surface area contributed by atoms with Crippen LogP contribution in [0.3, 0.4) is 0 Å². The first-order chi connectivity index (χ1) is 9.26. The SMILES string of the molecule is CCOC(=O)c1nc(CSC)n(-c2ccccc2)n1. The highest BCUT2D eigenvalue weighted by Gasteiger charge is 2.17. The van der Waals surface area contributed by atoms with E-state index in [0.717, 1.165) is 11.5 Å². The number of nitrogens with zero attached hydrogens (tertiary/aromatic N) is 3. The monoisotopic (exact) mass is 277 g/mol. The van der Waals surface area contributed by atoms with Crippen molar-refractivity contribution in [3.8, 4) is 5.69 Å². The van der Waals surface area contributed by atoms with Crippen molar-refractivity contribution in [2.24, 2.45) is 0 Å². The second-order valence-electron chi connectivity index (χ2n) is 3.75. The van der Waals surface area contributed by atoms with E-state index in [0.29, 0.717) is 12.4 Å². The highest BCUT2D eigenvalue weighted by atomic mass is 32.2. The molecule has 5 nitrogen and oxygen atoms in total. The first-order valence-corrected chi connectivity index (χ1v) is 7.33. The molecule has 0 unspecified atom stereocenters. The number of hydrogen-bond acceptors (Lipinski definition) is 5. The van der Waals surface area contributed by atoms with Crippen molar-refractivity contribution in [2.75, 3.05) is 12.9 Å². The zero-order chi connectivity index (χ0) is 13.7.